The number of benzene rings is 1. The summed E-state index contributed by atoms with van der Waals surface area (Å²) in [5, 5.41) is 3.17. The molecule has 8 heteroatoms. The van der Waals surface area contributed by atoms with Gasteiger partial charge in [0.15, 0.2) is 19.7 Å². The van der Waals surface area contributed by atoms with E-state index in [4.69, 9.17) is 0 Å². The lowest BCUT2D eigenvalue weighted by atomic mass is 9.92. The van der Waals surface area contributed by atoms with Crippen molar-refractivity contribution in [1.82, 2.24) is 5.32 Å². The van der Waals surface area contributed by atoms with E-state index in [0.717, 1.165) is 38.0 Å². The third kappa shape index (κ3) is 3.61. The number of piperidine rings is 1. The van der Waals surface area contributed by atoms with Gasteiger partial charge in [-0.25, -0.2) is 21.2 Å². The molecule has 21 heavy (non-hydrogen) atoms. The Morgan fingerprint density at radius 2 is 1.81 bits per heavy atom. The molecule has 1 aliphatic heterocycles. The molecule has 1 unspecified atom stereocenters. The average Bonchev–Trinajstić information content (AvgIpc) is 2.36. The van der Waals surface area contributed by atoms with E-state index in [1.165, 1.54) is 6.07 Å². The van der Waals surface area contributed by atoms with Crippen LogP contribution in [0.25, 0.3) is 0 Å². The third-order valence-electron chi connectivity index (χ3n) is 3.57. The highest BCUT2D eigenvalue weighted by Gasteiger charge is 2.28. The maximum atomic E-state index is 14.2. The van der Waals surface area contributed by atoms with Crippen LogP contribution in [0, 0.1) is 5.82 Å². The van der Waals surface area contributed by atoms with E-state index in [9.17, 15) is 21.2 Å². The molecule has 1 aromatic rings. The van der Waals surface area contributed by atoms with Crippen molar-refractivity contribution in [3.63, 3.8) is 0 Å². The number of rotatable bonds is 3. The summed E-state index contributed by atoms with van der Waals surface area (Å²) in [4.78, 5) is -1.19. The highest BCUT2D eigenvalue weighted by Crippen LogP contribution is 2.31. The van der Waals surface area contributed by atoms with Gasteiger partial charge in [-0.15, -0.1) is 0 Å². The molecule has 0 aliphatic carbocycles. The Kier molecular flexibility index (Phi) is 4.41. The van der Waals surface area contributed by atoms with Gasteiger partial charge in [-0.2, -0.15) is 0 Å². The highest BCUT2D eigenvalue weighted by molar-refractivity contribution is 7.93. The molecule has 1 N–H and O–H groups in total. The Balaban J connectivity index is 2.66. The largest absolute Gasteiger partial charge is 0.316 e. The van der Waals surface area contributed by atoms with Crippen LogP contribution in [-0.2, 0) is 19.7 Å². The highest BCUT2D eigenvalue weighted by atomic mass is 32.2. The van der Waals surface area contributed by atoms with Gasteiger partial charge in [0.25, 0.3) is 0 Å². The van der Waals surface area contributed by atoms with Gasteiger partial charge in [-0.1, -0.05) is 0 Å². The minimum absolute atomic E-state index is 0.0117. The van der Waals surface area contributed by atoms with Gasteiger partial charge in [0, 0.05) is 19.1 Å². The fourth-order valence-electron chi connectivity index (χ4n) is 2.60. The zero-order valence-corrected chi connectivity index (χ0v) is 13.5. The molecule has 1 heterocycles. The summed E-state index contributed by atoms with van der Waals surface area (Å²) >= 11 is 0. The van der Waals surface area contributed by atoms with Gasteiger partial charge in [-0.05, 0) is 43.0 Å². The quantitative estimate of drug-likeness (QED) is 0.895. The Morgan fingerprint density at radius 1 is 1.14 bits per heavy atom. The summed E-state index contributed by atoms with van der Waals surface area (Å²) in [6.45, 7) is 1.50. The molecule has 118 valence electrons. The second kappa shape index (κ2) is 5.66. The van der Waals surface area contributed by atoms with E-state index < -0.39 is 35.3 Å². The first-order chi connectivity index (χ1) is 9.60. The van der Waals surface area contributed by atoms with Crippen molar-refractivity contribution in [1.29, 1.82) is 0 Å². The summed E-state index contributed by atoms with van der Waals surface area (Å²) in [5.74, 6) is -1.01. The third-order valence-corrected chi connectivity index (χ3v) is 5.98. The van der Waals surface area contributed by atoms with Crippen LogP contribution in [0.5, 0.6) is 0 Å². The summed E-state index contributed by atoms with van der Waals surface area (Å²) in [7, 11) is -7.80. The number of hydrogen-bond donors (Lipinski definition) is 1. The van der Waals surface area contributed by atoms with Gasteiger partial charge < -0.3 is 5.32 Å². The second-order valence-corrected chi connectivity index (χ2v) is 9.35. The normalized spacial score (nSPS) is 20.4. The van der Waals surface area contributed by atoms with Crippen molar-refractivity contribution >= 4 is 19.7 Å². The van der Waals surface area contributed by atoms with Crippen LogP contribution < -0.4 is 5.32 Å². The predicted molar refractivity (Wildman–Crippen MR) is 77.5 cm³/mol. The summed E-state index contributed by atoms with van der Waals surface area (Å²) in [5.41, 5.74) is 0.521. The zero-order valence-electron chi connectivity index (χ0n) is 11.9. The van der Waals surface area contributed by atoms with Gasteiger partial charge in [0.05, 0.1) is 4.90 Å². The molecule has 1 aliphatic rings. The molecule has 0 spiro atoms. The van der Waals surface area contributed by atoms with E-state index in [2.05, 4.69) is 5.32 Å². The van der Waals surface area contributed by atoms with Crippen molar-refractivity contribution in [2.45, 2.75) is 28.6 Å². The van der Waals surface area contributed by atoms with Gasteiger partial charge in [-0.3, -0.25) is 0 Å². The number of sulfone groups is 2. The zero-order chi connectivity index (χ0) is 15.8. The molecule has 5 nitrogen and oxygen atoms in total. The molecule has 1 saturated heterocycles. The lowest BCUT2D eigenvalue weighted by Crippen LogP contribution is -2.28. The fraction of sp³-hybridized carbons (Fsp3) is 0.538. The van der Waals surface area contributed by atoms with E-state index in [-0.39, 0.29) is 5.92 Å². The molecule has 0 radical (unpaired) electrons. The standard InChI is InChI=1S/C13H18FNO4S2/c1-20(16,17)12-7-10(9-4-3-5-15-8-9)6-11(14)13(12)21(2,18)19/h6-7,9,15H,3-5,8H2,1-2H3. The van der Waals surface area contributed by atoms with E-state index >= 15 is 0 Å². The Morgan fingerprint density at radius 3 is 2.29 bits per heavy atom. The molecule has 0 bridgehead atoms. The van der Waals surface area contributed by atoms with Gasteiger partial charge in [0.1, 0.15) is 10.7 Å². The molecule has 2 rings (SSSR count). The molecular formula is C13H18FNO4S2. The fourth-order valence-corrected chi connectivity index (χ4v) is 5.13. The summed E-state index contributed by atoms with van der Waals surface area (Å²) < 4.78 is 61.3. The van der Waals surface area contributed by atoms with Crippen LogP contribution in [0.1, 0.15) is 24.3 Å². The Hall–Kier alpha value is -0.990. The number of halogens is 1. The van der Waals surface area contributed by atoms with Crippen LogP contribution in [0.2, 0.25) is 0 Å². The van der Waals surface area contributed by atoms with E-state index in [1.54, 1.807) is 0 Å². The predicted octanol–water partition coefficient (Wildman–Crippen LogP) is 1.10. The summed E-state index contributed by atoms with van der Waals surface area (Å²) in [6, 6.07) is 2.44. The molecule has 1 atom stereocenters. The van der Waals surface area contributed by atoms with Crippen LogP contribution in [-0.4, -0.2) is 42.4 Å². The molecular weight excluding hydrogens is 317 g/mol. The van der Waals surface area contributed by atoms with Crippen LogP contribution in [0.4, 0.5) is 4.39 Å². The van der Waals surface area contributed by atoms with Crippen LogP contribution in [0.15, 0.2) is 21.9 Å². The first kappa shape index (κ1) is 16.4. The van der Waals surface area contributed by atoms with Crippen molar-refractivity contribution in [3.05, 3.63) is 23.5 Å². The number of nitrogens with one attached hydrogen (secondary N) is 1. The Bertz CT molecular complexity index is 751. The van der Waals surface area contributed by atoms with Gasteiger partial charge in [0.2, 0.25) is 0 Å². The topological polar surface area (TPSA) is 80.3 Å². The van der Waals surface area contributed by atoms with Crippen LogP contribution >= 0.6 is 0 Å². The van der Waals surface area contributed by atoms with E-state index in [1.807, 2.05) is 0 Å². The Labute approximate surface area is 124 Å². The molecule has 1 aromatic carbocycles. The molecule has 0 amide bonds. The lowest BCUT2D eigenvalue weighted by molar-refractivity contribution is 0.457. The maximum absolute atomic E-state index is 14.2. The molecule has 0 aromatic heterocycles. The van der Waals surface area contributed by atoms with E-state index in [0.29, 0.717) is 12.1 Å². The maximum Gasteiger partial charge on any atom is 0.179 e. The van der Waals surface area contributed by atoms with Crippen molar-refractivity contribution in [2.75, 3.05) is 25.6 Å². The smallest absolute Gasteiger partial charge is 0.179 e. The van der Waals surface area contributed by atoms with Crippen molar-refractivity contribution in [3.8, 4) is 0 Å². The SMILES string of the molecule is CS(=O)(=O)c1cc(C2CCCNC2)cc(F)c1S(C)(=O)=O. The van der Waals surface area contributed by atoms with Crippen molar-refractivity contribution in [2.24, 2.45) is 0 Å². The monoisotopic (exact) mass is 335 g/mol. The van der Waals surface area contributed by atoms with Crippen LogP contribution in [0.3, 0.4) is 0 Å². The minimum Gasteiger partial charge on any atom is -0.316 e. The van der Waals surface area contributed by atoms with Gasteiger partial charge >= 0.3 is 0 Å². The molecule has 1 fully saturated rings. The first-order valence-electron chi connectivity index (χ1n) is 6.55. The lowest BCUT2D eigenvalue weighted by Gasteiger charge is -2.24. The average molecular weight is 335 g/mol. The first-order valence-corrected chi connectivity index (χ1v) is 10.3. The molecule has 0 saturated carbocycles. The minimum atomic E-state index is -3.96. The summed E-state index contributed by atoms with van der Waals surface area (Å²) in [6.07, 6.45) is 3.42. The number of hydrogen-bond acceptors (Lipinski definition) is 5. The van der Waals surface area contributed by atoms with Crippen molar-refractivity contribution < 1.29 is 21.2 Å². The second-order valence-electron chi connectivity index (χ2n) is 5.42.